The first kappa shape index (κ1) is 11.4. The fourth-order valence-corrected chi connectivity index (χ4v) is 0.417. The van der Waals surface area contributed by atoms with Crippen LogP contribution in [0.4, 0.5) is 0 Å². The molecule has 0 saturated heterocycles. The van der Waals surface area contributed by atoms with Crippen LogP contribution < -0.4 is 5.32 Å². The molecule has 54 valence electrons. The number of rotatable bonds is 3. The summed E-state index contributed by atoms with van der Waals surface area (Å²) in [7, 11) is 0. The van der Waals surface area contributed by atoms with E-state index in [9.17, 15) is 0 Å². The Hall–Kier alpha value is -0.420. The molecule has 0 aromatic heterocycles. The maximum atomic E-state index is 8.02. The molecule has 0 atom stereocenters. The Balaban J connectivity index is 0. The summed E-state index contributed by atoms with van der Waals surface area (Å²) in [4.78, 5) is 0. The molecule has 9 heavy (non-hydrogen) atoms. The van der Waals surface area contributed by atoms with E-state index in [4.69, 9.17) is 5.26 Å². The summed E-state index contributed by atoms with van der Waals surface area (Å²) in [6.07, 6.45) is 2.95. The summed E-state index contributed by atoms with van der Waals surface area (Å²) >= 11 is 0. The molecule has 0 rings (SSSR count). The van der Waals surface area contributed by atoms with Gasteiger partial charge in [-0.15, -0.1) is 12.4 Å². The quantitative estimate of drug-likeness (QED) is 0.374. The van der Waals surface area contributed by atoms with E-state index in [1.54, 1.807) is 0 Å². The van der Waals surface area contributed by atoms with Crippen molar-refractivity contribution in [2.24, 2.45) is 5.92 Å². The van der Waals surface area contributed by atoms with Crippen LogP contribution in [0, 0.1) is 17.4 Å². The summed E-state index contributed by atoms with van der Waals surface area (Å²) in [6, 6.07) is 0. The van der Waals surface area contributed by atoms with Gasteiger partial charge in [-0.2, -0.15) is 5.26 Å². The van der Waals surface area contributed by atoms with Gasteiger partial charge in [-0.1, -0.05) is 13.8 Å². The number of nitrogens with one attached hydrogen (secondary N) is 1. The molecule has 0 radical (unpaired) electrons. The fraction of sp³-hybridized carbons (Fsp3) is 0.833. The topological polar surface area (TPSA) is 35.8 Å². The van der Waals surface area contributed by atoms with Crippen molar-refractivity contribution < 1.29 is 0 Å². The fourth-order valence-electron chi connectivity index (χ4n) is 0.417. The summed E-state index contributed by atoms with van der Waals surface area (Å²) in [5.74, 6) is 0.691. The molecule has 0 amide bonds. The molecule has 0 spiro atoms. The van der Waals surface area contributed by atoms with Gasteiger partial charge in [0.1, 0.15) is 0 Å². The molecule has 3 heteroatoms. The van der Waals surface area contributed by atoms with Crippen molar-refractivity contribution in [2.45, 2.75) is 20.3 Å². The van der Waals surface area contributed by atoms with E-state index in [1.807, 2.05) is 6.19 Å². The Kier molecular flexibility index (Phi) is 9.59. The monoisotopic (exact) mass is 148 g/mol. The summed E-state index contributed by atoms with van der Waals surface area (Å²) in [5, 5.41) is 10.6. The molecule has 0 aromatic carbocycles. The van der Waals surface area contributed by atoms with Gasteiger partial charge in [0.15, 0.2) is 6.19 Å². The Bertz CT molecular complexity index is 85.5. The molecular weight excluding hydrogens is 136 g/mol. The zero-order chi connectivity index (χ0) is 6.41. The minimum absolute atomic E-state index is 0. The highest BCUT2D eigenvalue weighted by Gasteiger charge is 1.89. The number of nitrogens with zero attached hydrogens (tertiary/aromatic N) is 1. The molecule has 1 N–H and O–H groups in total. The van der Waals surface area contributed by atoms with Crippen LogP contribution in [-0.4, -0.2) is 6.54 Å². The van der Waals surface area contributed by atoms with Crippen LogP contribution in [0.1, 0.15) is 20.3 Å². The molecule has 0 aliphatic rings. The predicted molar refractivity (Wildman–Crippen MR) is 40.3 cm³/mol. The first-order valence-electron chi connectivity index (χ1n) is 2.89. The van der Waals surface area contributed by atoms with E-state index >= 15 is 0 Å². The normalized spacial score (nSPS) is 7.78. The molecule has 0 aromatic rings. The second kappa shape index (κ2) is 7.58. The zero-order valence-corrected chi connectivity index (χ0v) is 6.66. The van der Waals surface area contributed by atoms with Crippen molar-refractivity contribution in [1.29, 1.82) is 5.26 Å². The van der Waals surface area contributed by atoms with Gasteiger partial charge in [-0.3, -0.25) is 0 Å². The molecule has 0 fully saturated rings. The predicted octanol–water partition coefficient (Wildman–Crippen LogP) is 1.52. The van der Waals surface area contributed by atoms with Crippen LogP contribution in [0.5, 0.6) is 0 Å². The van der Waals surface area contributed by atoms with Crippen LogP contribution in [-0.2, 0) is 0 Å². The molecule has 0 saturated carbocycles. The highest BCUT2D eigenvalue weighted by Crippen LogP contribution is 1.95. The average molecular weight is 149 g/mol. The van der Waals surface area contributed by atoms with Gasteiger partial charge in [-0.05, 0) is 12.3 Å². The van der Waals surface area contributed by atoms with E-state index in [0.717, 1.165) is 13.0 Å². The Morgan fingerprint density at radius 3 is 2.44 bits per heavy atom. The molecule has 0 heterocycles. The first-order valence-corrected chi connectivity index (χ1v) is 2.89. The second-order valence-corrected chi connectivity index (χ2v) is 2.22. The second-order valence-electron chi connectivity index (χ2n) is 2.22. The smallest absolute Gasteiger partial charge is 0.176 e. The van der Waals surface area contributed by atoms with Crippen LogP contribution in [0.25, 0.3) is 0 Å². The average Bonchev–Trinajstić information content (AvgIpc) is 1.66. The number of hydrogen-bond donors (Lipinski definition) is 1. The summed E-state index contributed by atoms with van der Waals surface area (Å²) < 4.78 is 0. The lowest BCUT2D eigenvalue weighted by Gasteiger charge is -1.99. The summed E-state index contributed by atoms with van der Waals surface area (Å²) in [6.45, 7) is 5.09. The lowest BCUT2D eigenvalue weighted by atomic mass is 10.1. The van der Waals surface area contributed by atoms with E-state index in [1.165, 1.54) is 0 Å². The van der Waals surface area contributed by atoms with Crippen molar-refractivity contribution in [2.75, 3.05) is 6.54 Å². The lowest BCUT2D eigenvalue weighted by Crippen LogP contribution is -2.09. The Morgan fingerprint density at radius 1 is 1.56 bits per heavy atom. The Morgan fingerprint density at radius 2 is 2.11 bits per heavy atom. The van der Waals surface area contributed by atoms with Crippen LogP contribution in [0.3, 0.4) is 0 Å². The van der Waals surface area contributed by atoms with Gasteiger partial charge >= 0.3 is 0 Å². The van der Waals surface area contributed by atoms with E-state index < -0.39 is 0 Å². The van der Waals surface area contributed by atoms with Gasteiger partial charge < -0.3 is 5.32 Å². The third-order valence-corrected chi connectivity index (χ3v) is 0.926. The number of nitriles is 1. The molecule has 0 aliphatic carbocycles. The van der Waals surface area contributed by atoms with Gasteiger partial charge in [0.25, 0.3) is 0 Å². The third kappa shape index (κ3) is 11.3. The van der Waals surface area contributed by atoms with Crippen molar-refractivity contribution in [3.63, 3.8) is 0 Å². The van der Waals surface area contributed by atoms with Crippen LogP contribution in [0.2, 0.25) is 0 Å². The highest BCUT2D eigenvalue weighted by molar-refractivity contribution is 5.85. The number of halogens is 1. The maximum absolute atomic E-state index is 8.02. The molecular formula is C6H13ClN2. The Labute approximate surface area is 62.7 Å². The number of hydrogen-bond acceptors (Lipinski definition) is 2. The highest BCUT2D eigenvalue weighted by atomic mass is 35.5. The van der Waals surface area contributed by atoms with E-state index in [-0.39, 0.29) is 12.4 Å². The van der Waals surface area contributed by atoms with E-state index in [0.29, 0.717) is 5.92 Å². The molecule has 2 nitrogen and oxygen atoms in total. The van der Waals surface area contributed by atoms with Crippen molar-refractivity contribution >= 4 is 12.4 Å². The molecule has 0 bridgehead atoms. The molecule has 0 aliphatic heterocycles. The minimum atomic E-state index is 0. The minimum Gasteiger partial charge on any atom is -0.324 e. The SMILES string of the molecule is CC(C)CCNC#N.Cl. The maximum Gasteiger partial charge on any atom is 0.176 e. The third-order valence-electron chi connectivity index (χ3n) is 0.926. The molecule has 0 unspecified atom stereocenters. The van der Waals surface area contributed by atoms with E-state index in [2.05, 4.69) is 19.2 Å². The van der Waals surface area contributed by atoms with Gasteiger partial charge in [0.05, 0.1) is 0 Å². The standard InChI is InChI=1S/C6H12N2.ClH/c1-6(2)3-4-8-5-7;/h6,8H,3-4H2,1-2H3;1H. The lowest BCUT2D eigenvalue weighted by molar-refractivity contribution is 0.574. The van der Waals surface area contributed by atoms with Crippen molar-refractivity contribution in [1.82, 2.24) is 5.32 Å². The van der Waals surface area contributed by atoms with Crippen molar-refractivity contribution in [3.8, 4) is 6.19 Å². The zero-order valence-electron chi connectivity index (χ0n) is 5.85. The summed E-state index contributed by atoms with van der Waals surface area (Å²) in [5.41, 5.74) is 0. The largest absolute Gasteiger partial charge is 0.324 e. The van der Waals surface area contributed by atoms with Gasteiger partial charge in [0, 0.05) is 6.54 Å². The van der Waals surface area contributed by atoms with Crippen molar-refractivity contribution in [3.05, 3.63) is 0 Å². The van der Waals surface area contributed by atoms with Crippen LogP contribution in [0.15, 0.2) is 0 Å². The van der Waals surface area contributed by atoms with Gasteiger partial charge in [-0.25, -0.2) is 0 Å². The first-order chi connectivity index (χ1) is 3.77. The van der Waals surface area contributed by atoms with Crippen LogP contribution >= 0.6 is 12.4 Å². The van der Waals surface area contributed by atoms with Gasteiger partial charge in [0.2, 0.25) is 0 Å².